The predicted octanol–water partition coefficient (Wildman–Crippen LogP) is 0.738. The molecule has 0 saturated heterocycles. The van der Waals surface area contributed by atoms with Crippen molar-refractivity contribution in [3.63, 3.8) is 0 Å². The second-order valence-electron chi connectivity index (χ2n) is 2.47. The molecule has 1 aromatic rings. The smallest absolute Gasteiger partial charge is 0.425 e. The molecule has 5 nitrogen and oxygen atoms in total. The van der Waals surface area contributed by atoms with Gasteiger partial charge in [0, 0.05) is 7.05 Å². The maximum atomic E-state index is 9.23. The lowest BCUT2D eigenvalue weighted by Gasteiger charge is -2.02. The van der Waals surface area contributed by atoms with Gasteiger partial charge in [0.05, 0.1) is 5.69 Å². The van der Waals surface area contributed by atoms with E-state index in [9.17, 15) is 5.11 Å². The highest BCUT2D eigenvalue weighted by molar-refractivity contribution is 7.59. The van der Waals surface area contributed by atoms with Crippen LogP contribution >= 0.6 is 0 Å². The molecule has 0 radical (unpaired) electrons. The van der Waals surface area contributed by atoms with Crippen molar-refractivity contribution in [2.45, 2.75) is 6.92 Å². The SMILES string of the molecule is CNc1ccc(C)cc1O.O=S(=O)=O. The third-order valence-corrected chi connectivity index (χ3v) is 1.42. The Kier molecular flexibility index (Phi) is 5.31. The van der Waals surface area contributed by atoms with E-state index in [1.807, 2.05) is 19.1 Å². The van der Waals surface area contributed by atoms with E-state index in [0.29, 0.717) is 5.75 Å². The summed E-state index contributed by atoms with van der Waals surface area (Å²) in [6.45, 7) is 1.94. The number of aromatic hydroxyl groups is 1. The van der Waals surface area contributed by atoms with Crippen LogP contribution in [0.2, 0.25) is 0 Å². The topological polar surface area (TPSA) is 83.5 Å². The maximum absolute atomic E-state index is 9.23. The van der Waals surface area contributed by atoms with Crippen molar-refractivity contribution in [2.24, 2.45) is 0 Å². The van der Waals surface area contributed by atoms with Gasteiger partial charge in [-0.2, -0.15) is 0 Å². The second kappa shape index (κ2) is 5.98. The van der Waals surface area contributed by atoms with Gasteiger partial charge in [-0.15, -0.1) is 12.6 Å². The van der Waals surface area contributed by atoms with Gasteiger partial charge < -0.3 is 10.4 Å². The van der Waals surface area contributed by atoms with Crippen molar-refractivity contribution < 1.29 is 17.7 Å². The lowest BCUT2D eigenvalue weighted by atomic mass is 10.2. The average Bonchev–Trinajstić information content (AvgIpc) is 2.03. The van der Waals surface area contributed by atoms with Gasteiger partial charge >= 0.3 is 10.6 Å². The van der Waals surface area contributed by atoms with Crippen LogP contribution in [-0.2, 0) is 10.6 Å². The number of aryl methyl sites for hydroxylation is 1. The number of phenols is 1. The molecule has 0 fully saturated rings. The Bertz CT molecular complexity index is 392. The summed E-state index contributed by atoms with van der Waals surface area (Å²) in [5, 5.41) is 12.1. The minimum atomic E-state index is -3.11. The van der Waals surface area contributed by atoms with Crippen molar-refractivity contribution in [3.05, 3.63) is 23.8 Å². The second-order valence-corrected chi connectivity index (χ2v) is 2.88. The third-order valence-electron chi connectivity index (χ3n) is 1.42. The highest BCUT2D eigenvalue weighted by atomic mass is 32.2. The van der Waals surface area contributed by atoms with Crippen LogP contribution in [0.15, 0.2) is 18.2 Å². The van der Waals surface area contributed by atoms with Gasteiger partial charge in [-0.3, -0.25) is 0 Å². The van der Waals surface area contributed by atoms with E-state index in [0.717, 1.165) is 11.3 Å². The molecule has 0 bridgehead atoms. The third kappa shape index (κ3) is 5.15. The Morgan fingerprint density at radius 3 is 2.14 bits per heavy atom. The molecule has 0 unspecified atom stereocenters. The molecule has 0 aliphatic heterocycles. The fraction of sp³-hybridized carbons (Fsp3) is 0.250. The first-order valence-corrected chi connectivity index (χ1v) is 4.71. The van der Waals surface area contributed by atoms with Gasteiger partial charge in [0.2, 0.25) is 0 Å². The van der Waals surface area contributed by atoms with Gasteiger partial charge in [-0.25, -0.2) is 0 Å². The standard InChI is InChI=1S/C8H11NO.O3S/c1-6-3-4-7(9-2)8(10)5-6;1-4(2)3/h3-5,9-10H,1-2H3;. The molecule has 0 spiro atoms. The Morgan fingerprint density at radius 1 is 1.29 bits per heavy atom. The molecule has 0 atom stereocenters. The first-order chi connectivity index (χ1) is 6.47. The van der Waals surface area contributed by atoms with Crippen LogP contribution in [-0.4, -0.2) is 24.8 Å². The van der Waals surface area contributed by atoms with E-state index in [-0.39, 0.29) is 0 Å². The van der Waals surface area contributed by atoms with Crippen molar-refractivity contribution in [1.29, 1.82) is 0 Å². The summed E-state index contributed by atoms with van der Waals surface area (Å²) in [6, 6.07) is 5.53. The lowest BCUT2D eigenvalue weighted by Crippen LogP contribution is -1.87. The van der Waals surface area contributed by atoms with Gasteiger partial charge in [-0.05, 0) is 24.6 Å². The average molecular weight is 217 g/mol. The Balaban J connectivity index is 0.000000364. The molecule has 0 aromatic heterocycles. The van der Waals surface area contributed by atoms with Crippen LogP contribution in [0.5, 0.6) is 5.75 Å². The van der Waals surface area contributed by atoms with Gasteiger partial charge in [0.1, 0.15) is 5.75 Å². The van der Waals surface area contributed by atoms with E-state index in [4.69, 9.17) is 12.6 Å². The van der Waals surface area contributed by atoms with Gasteiger partial charge in [0.25, 0.3) is 0 Å². The zero-order valence-electron chi connectivity index (χ0n) is 7.81. The number of benzene rings is 1. The summed E-state index contributed by atoms with van der Waals surface area (Å²) < 4.78 is 25.3. The fourth-order valence-corrected chi connectivity index (χ4v) is 0.853. The molecule has 14 heavy (non-hydrogen) atoms. The molecular formula is C8H11NO4S. The van der Waals surface area contributed by atoms with Crippen LogP contribution in [0.1, 0.15) is 5.56 Å². The summed E-state index contributed by atoms with van der Waals surface area (Å²) >= 11 is 0. The molecule has 2 N–H and O–H groups in total. The number of hydrogen-bond donors (Lipinski definition) is 2. The first kappa shape index (κ1) is 12.4. The van der Waals surface area contributed by atoms with Gasteiger partial charge in [0.15, 0.2) is 0 Å². The normalized spacial score (nSPS) is 8.43. The van der Waals surface area contributed by atoms with Crippen LogP contribution in [0.3, 0.4) is 0 Å². The zero-order valence-corrected chi connectivity index (χ0v) is 8.63. The highest BCUT2D eigenvalue weighted by Crippen LogP contribution is 2.22. The molecule has 1 aromatic carbocycles. The summed E-state index contributed by atoms with van der Waals surface area (Å²) in [4.78, 5) is 0. The Labute approximate surface area is 83.5 Å². The minimum absolute atomic E-state index is 0.308. The number of rotatable bonds is 1. The van der Waals surface area contributed by atoms with Crippen LogP contribution in [0.25, 0.3) is 0 Å². The Hall–Kier alpha value is -1.56. The number of phenolic OH excluding ortho intramolecular Hbond substituents is 1. The fourth-order valence-electron chi connectivity index (χ4n) is 0.853. The molecule has 78 valence electrons. The van der Waals surface area contributed by atoms with Crippen molar-refractivity contribution in [1.82, 2.24) is 0 Å². The zero-order chi connectivity index (χ0) is 11.1. The molecule has 0 heterocycles. The van der Waals surface area contributed by atoms with E-state index in [1.54, 1.807) is 13.1 Å². The molecule has 0 aliphatic carbocycles. The summed E-state index contributed by atoms with van der Waals surface area (Å²) in [6.07, 6.45) is 0. The molecule has 0 amide bonds. The first-order valence-electron chi connectivity index (χ1n) is 3.71. The molecule has 6 heteroatoms. The molecule has 0 aliphatic rings. The van der Waals surface area contributed by atoms with Crippen molar-refractivity contribution in [3.8, 4) is 5.75 Å². The Morgan fingerprint density at radius 2 is 1.79 bits per heavy atom. The summed E-state index contributed by atoms with van der Waals surface area (Å²) in [5.41, 5.74) is 1.84. The quantitative estimate of drug-likeness (QED) is 0.678. The number of anilines is 1. The highest BCUT2D eigenvalue weighted by Gasteiger charge is 1.95. The minimum Gasteiger partial charge on any atom is -0.506 e. The van der Waals surface area contributed by atoms with E-state index in [2.05, 4.69) is 5.32 Å². The number of hydrogen-bond acceptors (Lipinski definition) is 5. The predicted molar refractivity (Wildman–Crippen MR) is 52.1 cm³/mol. The van der Waals surface area contributed by atoms with Gasteiger partial charge in [-0.1, -0.05) is 6.07 Å². The molecule has 1 rings (SSSR count). The van der Waals surface area contributed by atoms with Crippen molar-refractivity contribution in [2.75, 3.05) is 12.4 Å². The van der Waals surface area contributed by atoms with Crippen LogP contribution in [0, 0.1) is 6.92 Å². The van der Waals surface area contributed by atoms with E-state index < -0.39 is 10.6 Å². The lowest BCUT2D eigenvalue weighted by molar-refractivity contribution is 0.477. The monoisotopic (exact) mass is 217 g/mol. The summed E-state index contributed by atoms with van der Waals surface area (Å²) in [5.74, 6) is 0.308. The van der Waals surface area contributed by atoms with Crippen LogP contribution in [0.4, 0.5) is 5.69 Å². The maximum Gasteiger partial charge on any atom is 0.425 e. The largest absolute Gasteiger partial charge is 0.506 e. The number of nitrogens with one attached hydrogen (secondary N) is 1. The van der Waals surface area contributed by atoms with E-state index in [1.165, 1.54) is 0 Å². The van der Waals surface area contributed by atoms with Crippen LogP contribution < -0.4 is 5.32 Å². The van der Waals surface area contributed by atoms with E-state index >= 15 is 0 Å². The molecule has 0 saturated carbocycles. The van der Waals surface area contributed by atoms with Crippen molar-refractivity contribution >= 4 is 16.3 Å². The summed E-state index contributed by atoms with van der Waals surface area (Å²) in [7, 11) is -1.33. The molecular weight excluding hydrogens is 206 g/mol.